The first-order valence-corrected chi connectivity index (χ1v) is 7.33. The molecule has 21 heavy (non-hydrogen) atoms. The first-order chi connectivity index (χ1) is 9.99. The van der Waals surface area contributed by atoms with E-state index in [1.54, 1.807) is 11.0 Å². The van der Waals surface area contributed by atoms with Crippen LogP contribution in [-0.2, 0) is 11.3 Å². The van der Waals surface area contributed by atoms with Crippen molar-refractivity contribution in [2.75, 3.05) is 20.6 Å². The summed E-state index contributed by atoms with van der Waals surface area (Å²) in [6.45, 7) is 1.38. The molecule has 0 radical (unpaired) electrons. The minimum absolute atomic E-state index is 0.0980. The SMILES string of the molecule is CN(C)Cc1cccc(C(=O)N2CCCCC2C(N)=O)c1. The number of nitrogens with two attached hydrogens (primary N) is 1. The molecule has 5 nitrogen and oxygen atoms in total. The summed E-state index contributed by atoms with van der Waals surface area (Å²) in [4.78, 5) is 27.9. The zero-order valence-corrected chi connectivity index (χ0v) is 12.7. The van der Waals surface area contributed by atoms with Crippen LogP contribution >= 0.6 is 0 Å². The molecule has 0 spiro atoms. The number of piperidine rings is 1. The molecule has 1 aliphatic rings. The molecule has 0 bridgehead atoms. The monoisotopic (exact) mass is 289 g/mol. The number of nitrogens with zero attached hydrogens (tertiary/aromatic N) is 2. The Kier molecular flexibility index (Phi) is 4.96. The van der Waals surface area contributed by atoms with E-state index < -0.39 is 11.9 Å². The quantitative estimate of drug-likeness (QED) is 0.906. The minimum atomic E-state index is -0.469. The molecule has 2 N–H and O–H groups in total. The van der Waals surface area contributed by atoms with Gasteiger partial charge < -0.3 is 15.5 Å². The first kappa shape index (κ1) is 15.5. The molecule has 2 rings (SSSR count). The van der Waals surface area contributed by atoms with Crippen molar-refractivity contribution in [1.82, 2.24) is 9.80 Å². The standard InChI is InChI=1S/C16H23N3O2/c1-18(2)11-12-6-5-7-13(10-12)16(21)19-9-4-3-8-14(19)15(17)20/h5-7,10,14H,3-4,8-9,11H2,1-2H3,(H2,17,20). The van der Waals surface area contributed by atoms with E-state index in [1.807, 2.05) is 32.3 Å². The van der Waals surface area contributed by atoms with Gasteiger partial charge in [0.2, 0.25) is 5.91 Å². The number of hydrogen-bond donors (Lipinski definition) is 1. The predicted octanol–water partition coefficient (Wildman–Crippen LogP) is 1.23. The van der Waals surface area contributed by atoms with Gasteiger partial charge in [0.05, 0.1) is 0 Å². The number of benzene rings is 1. The molecule has 0 aromatic heterocycles. The van der Waals surface area contributed by atoms with Gasteiger partial charge in [-0.25, -0.2) is 0 Å². The molecule has 2 amide bonds. The highest BCUT2D eigenvalue weighted by Crippen LogP contribution is 2.20. The van der Waals surface area contributed by atoms with Gasteiger partial charge in [-0.05, 0) is 51.1 Å². The van der Waals surface area contributed by atoms with Crippen molar-refractivity contribution in [3.63, 3.8) is 0 Å². The lowest BCUT2D eigenvalue weighted by Gasteiger charge is -2.33. The third-order valence-electron chi connectivity index (χ3n) is 3.76. The van der Waals surface area contributed by atoms with Crippen LogP contribution in [0.5, 0.6) is 0 Å². The second-order valence-electron chi connectivity index (χ2n) is 5.85. The summed E-state index contributed by atoms with van der Waals surface area (Å²) in [5.41, 5.74) is 7.14. The molecule has 1 aromatic carbocycles. The molecule has 0 aliphatic carbocycles. The molecular formula is C16H23N3O2. The average Bonchev–Trinajstić information content (AvgIpc) is 2.46. The molecule has 1 heterocycles. The van der Waals surface area contributed by atoms with Gasteiger partial charge in [0.15, 0.2) is 0 Å². The van der Waals surface area contributed by atoms with E-state index in [2.05, 4.69) is 4.90 Å². The fourth-order valence-corrected chi connectivity index (χ4v) is 2.80. The lowest BCUT2D eigenvalue weighted by molar-refractivity contribution is -0.123. The maximum Gasteiger partial charge on any atom is 0.254 e. The summed E-state index contributed by atoms with van der Waals surface area (Å²) >= 11 is 0. The van der Waals surface area contributed by atoms with E-state index in [0.717, 1.165) is 24.9 Å². The van der Waals surface area contributed by atoms with Gasteiger partial charge in [0.1, 0.15) is 6.04 Å². The van der Waals surface area contributed by atoms with Crippen LogP contribution in [0.4, 0.5) is 0 Å². The highest BCUT2D eigenvalue weighted by atomic mass is 16.2. The molecule has 1 fully saturated rings. The molecule has 1 aromatic rings. The van der Waals surface area contributed by atoms with Gasteiger partial charge in [-0.3, -0.25) is 9.59 Å². The van der Waals surface area contributed by atoms with Crippen LogP contribution in [0.1, 0.15) is 35.2 Å². The summed E-state index contributed by atoms with van der Waals surface area (Å²) in [5.74, 6) is -0.508. The van der Waals surface area contributed by atoms with E-state index in [1.165, 1.54) is 0 Å². The maximum absolute atomic E-state index is 12.7. The summed E-state index contributed by atoms with van der Waals surface area (Å²) in [7, 11) is 3.98. The van der Waals surface area contributed by atoms with Crippen molar-refractivity contribution in [3.8, 4) is 0 Å². The lowest BCUT2D eigenvalue weighted by Crippen LogP contribution is -2.50. The van der Waals surface area contributed by atoms with Crippen LogP contribution in [-0.4, -0.2) is 48.3 Å². The van der Waals surface area contributed by atoms with Crippen LogP contribution < -0.4 is 5.73 Å². The highest BCUT2D eigenvalue weighted by Gasteiger charge is 2.31. The van der Waals surface area contributed by atoms with E-state index in [4.69, 9.17) is 5.73 Å². The summed E-state index contributed by atoms with van der Waals surface area (Å²) in [5, 5.41) is 0. The Hall–Kier alpha value is -1.88. The number of carbonyl (C=O) groups excluding carboxylic acids is 2. The fourth-order valence-electron chi connectivity index (χ4n) is 2.80. The number of hydrogen-bond acceptors (Lipinski definition) is 3. The first-order valence-electron chi connectivity index (χ1n) is 7.33. The van der Waals surface area contributed by atoms with Crippen LogP contribution in [0.3, 0.4) is 0 Å². The smallest absolute Gasteiger partial charge is 0.254 e. The van der Waals surface area contributed by atoms with Gasteiger partial charge in [0, 0.05) is 18.7 Å². The van der Waals surface area contributed by atoms with Crippen molar-refractivity contribution in [2.45, 2.75) is 31.8 Å². The summed E-state index contributed by atoms with van der Waals surface area (Å²) < 4.78 is 0. The molecule has 1 saturated heterocycles. The number of primary amides is 1. The number of carbonyl (C=O) groups is 2. The summed E-state index contributed by atoms with van der Waals surface area (Å²) in [6, 6.07) is 7.11. The Morgan fingerprint density at radius 1 is 1.33 bits per heavy atom. The van der Waals surface area contributed by atoms with Crippen LogP contribution in [0.25, 0.3) is 0 Å². The van der Waals surface area contributed by atoms with Crippen molar-refractivity contribution in [1.29, 1.82) is 0 Å². The molecule has 0 saturated carbocycles. The molecule has 1 aliphatic heterocycles. The van der Waals surface area contributed by atoms with E-state index in [9.17, 15) is 9.59 Å². The van der Waals surface area contributed by atoms with E-state index in [-0.39, 0.29) is 5.91 Å². The van der Waals surface area contributed by atoms with Crippen molar-refractivity contribution in [2.24, 2.45) is 5.73 Å². The Labute approximate surface area is 125 Å². The second-order valence-corrected chi connectivity index (χ2v) is 5.85. The summed E-state index contributed by atoms with van der Waals surface area (Å²) in [6.07, 6.45) is 2.53. The van der Waals surface area contributed by atoms with E-state index in [0.29, 0.717) is 18.5 Å². The highest BCUT2D eigenvalue weighted by molar-refractivity contribution is 5.97. The topological polar surface area (TPSA) is 66.6 Å². The Morgan fingerprint density at radius 2 is 2.10 bits per heavy atom. The van der Waals surface area contributed by atoms with Gasteiger partial charge in [0.25, 0.3) is 5.91 Å². The fraction of sp³-hybridized carbons (Fsp3) is 0.500. The third-order valence-corrected chi connectivity index (χ3v) is 3.76. The third kappa shape index (κ3) is 3.82. The maximum atomic E-state index is 12.7. The largest absolute Gasteiger partial charge is 0.368 e. The predicted molar refractivity (Wildman–Crippen MR) is 81.7 cm³/mol. The Morgan fingerprint density at radius 3 is 2.76 bits per heavy atom. The van der Waals surface area contributed by atoms with Gasteiger partial charge in [-0.1, -0.05) is 12.1 Å². The van der Waals surface area contributed by atoms with Crippen molar-refractivity contribution in [3.05, 3.63) is 35.4 Å². The van der Waals surface area contributed by atoms with E-state index >= 15 is 0 Å². The van der Waals surface area contributed by atoms with Crippen LogP contribution in [0.15, 0.2) is 24.3 Å². The lowest BCUT2D eigenvalue weighted by atomic mass is 10.00. The molecule has 1 unspecified atom stereocenters. The van der Waals surface area contributed by atoms with Crippen LogP contribution in [0.2, 0.25) is 0 Å². The molecule has 114 valence electrons. The molecular weight excluding hydrogens is 266 g/mol. The Balaban J connectivity index is 2.20. The van der Waals surface area contributed by atoms with Gasteiger partial charge in [-0.15, -0.1) is 0 Å². The second kappa shape index (κ2) is 6.72. The number of rotatable bonds is 4. The van der Waals surface area contributed by atoms with Crippen molar-refractivity contribution < 1.29 is 9.59 Å². The number of likely N-dealkylation sites (tertiary alicyclic amines) is 1. The van der Waals surface area contributed by atoms with Crippen LogP contribution in [0, 0.1) is 0 Å². The zero-order valence-electron chi connectivity index (χ0n) is 12.7. The molecule has 5 heteroatoms. The average molecular weight is 289 g/mol. The van der Waals surface area contributed by atoms with Gasteiger partial charge >= 0.3 is 0 Å². The van der Waals surface area contributed by atoms with Crippen molar-refractivity contribution >= 4 is 11.8 Å². The number of amides is 2. The zero-order chi connectivity index (χ0) is 15.4. The van der Waals surface area contributed by atoms with Gasteiger partial charge in [-0.2, -0.15) is 0 Å². The molecule has 1 atom stereocenters. The minimum Gasteiger partial charge on any atom is -0.368 e. The normalized spacial score (nSPS) is 18.8. The Bertz CT molecular complexity index is 528.